The molecule has 0 radical (unpaired) electrons. The van der Waals surface area contributed by atoms with E-state index < -0.39 is 22.3 Å². The number of hydrogen-bond acceptors (Lipinski definition) is 4. The lowest BCUT2D eigenvalue weighted by molar-refractivity contribution is -0.384. The van der Waals surface area contributed by atoms with Gasteiger partial charge in [0.2, 0.25) is 5.91 Å². The van der Waals surface area contributed by atoms with E-state index in [2.05, 4.69) is 16.6 Å². The van der Waals surface area contributed by atoms with Crippen molar-refractivity contribution in [2.75, 3.05) is 17.2 Å². The zero-order valence-corrected chi connectivity index (χ0v) is 9.49. The number of nitro groups is 1. The maximum absolute atomic E-state index is 13.5. The molecule has 0 saturated carbocycles. The number of benzene rings is 1. The van der Waals surface area contributed by atoms with Gasteiger partial charge in [-0.3, -0.25) is 14.9 Å². The molecule has 94 valence electrons. The Bertz CT molecular complexity index is 537. The molecule has 0 aliphatic carbocycles. The van der Waals surface area contributed by atoms with Crippen LogP contribution < -0.4 is 10.6 Å². The molecular weight excluding hydrogens is 241 g/mol. The number of halogens is 1. The zero-order valence-electron chi connectivity index (χ0n) is 9.49. The summed E-state index contributed by atoms with van der Waals surface area (Å²) in [7, 11) is 0. The highest BCUT2D eigenvalue weighted by atomic mass is 19.1. The molecule has 1 rings (SSSR count). The van der Waals surface area contributed by atoms with Crippen molar-refractivity contribution in [3.05, 3.63) is 28.1 Å². The van der Waals surface area contributed by atoms with E-state index in [4.69, 9.17) is 6.42 Å². The van der Waals surface area contributed by atoms with Gasteiger partial charge in [-0.15, -0.1) is 6.42 Å². The van der Waals surface area contributed by atoms with Crippen LogP contribution in [0.2, 0.25) is 0 Å². The third-order valence-corrected chi connectivity index (χ3v) is 1.97. The van der Waals surface area contributed by atoms with E-state index in [0.717, 1.165) is 12.1 Å². The normalized spacial score (nSPS) is 9.39. The predicted molar refractivity (Wildman–Crippen MR) is 64.7 cm³/mol. The third-order valence-electron chi connectivity index (χ3n) is 1.97. The molecule has 0 unspecified atom stereocenters. The van der Waals surface area contributed by atoms with Crippen molar-refractivity contribution in [2.24, 2.45) is 0 Å². The van der Waals surface area contributed by atoms with E-state index in [0.29, 0.717) is 0 Å². The molecule has 18 heavy (non-hydrogen) atoms. The fourth-order valence-corrected chi connectivity index (χ4v) is 1.29. The van der Waals surface area contributed by atoms with Crippen LogP contribution in [0.5, 0.6) is 0 Å². The van der Waals surface area contributed by atoms with Crippen molar-refractivity contribution >= 4 is 23.0 Å². The first-order chi connectivity index (χ1) is 8.45. The van der Waals surface area contributed by atoms with E-state index in [9.17, 15) is 19.3 Å². The number of terminal acetylenes is 1. The Hall–Kier alpha value is -2.62. The summed E-state index contributed by atoms with van der Waals surface area (Å²) >= 11 is 0. The first-order valence-corrected chi connectivity index (χ1v) is 4.88. The summed E-state index contributed by atoms with van der Waals surface area (Å²) in [5, 5.41) is 15.5. The predicted octanol–water partition coefficient (Wildman–Crippen LogP) is 1.74. The SMILES string of the molecule is C#CCNc1cc(NC(C)=O)c(F)cc1[N+](=O)[O-]. The Kier molecular flexibility index (Phi) is 4.21. The van der Waals surface area contributed by atoms with Gasteiger partial charge in [0.15, 0.2) is 5.82 Å². The Morgan fingerprint density at radius 1 is 1.56 bits per heavy atom. The number of amides is 1. The van der Waals surface area contributed by atoms with Crippen LogP contribution in [0.4, 0.5) is 21.5 Å². The third kappa shape index (κ3) is 3.18. The number of rotatable bonds is 4. The Morgan fingerprint density at radius 3 is 2.72 bits per heavy atom. The fourth-order valence-electron chi connectivity index (χ4n) is 1.29. The molecule has 1 amide bonds. The van der Waals surface area contributed by atoms with Crippen molar-refractivity contribution < 1.29 is 14.1 Å². The first kappa shape index (κ1) is 13.4. The second-order valence-corrected chi connectivity index (χ2v) is 3.35. The highest BCUT2D eigenvalue weighted by Crippen LogP contribution is 2.30. The highest BCUT2D eigenvalue weighted by molar-refractivity contribution is 5.90. The molecule has 2 N–H and O–H groups in total. The van der Waals surface area contributed by atoms with Gasteiger partial charge in [0, 0.05) is 6.92 Å². The van der Waals surface area contributed by atoms with Gasteiger partial charge in [-0.2, -0.15) is 0 Å². The molecule has 0 saturated heterocycles. The molecule has 1 aromatic carbocycles. The number of anilines is 2. The summed E-state index contributed by atoms with van der Waals surface area (Å²) in [6, 6.07) is 1.86. The second kappa shape index (κ2) is 5.63. The minimum Gasteiger partial charge on any atom is -0.369 e. The van der Waals surface area contributed by atoms with Crippen LogP contribution in [0.3, 0.4) is 0 Å². The van der Waals surface area contributed by atoms with Crippen LogP contribution in [-0.2, 0) is 4.79 Å². The van der Waals surface area contributed by atoms with Gasteiger partial charge in [-0.25, -0.2) is 4.39 Å². The van der Waals surface area contributed by atoms with Crippen molar-refractivity contribution in [2.45, 2.75) is 6.92 Å². The minimum atomic E-state index is -0.886. The number of nitrogens with one attached hydrogen (secondary N) is 2. The maximum atomic E-state index is 13.5. The van der Waals surface area contributed by atoms with Gasteiger partial charge >= 0.3 is 0 Å². The van der Waals surface area contributed by atoms with E-state index in [1.165, 1.54) is 6.92 Å². The van der Waals surface area contributed by atoms with E-state index in [-0.39, 0.29) is 17.9 Å². The molecule has 7 heteroatoms. The lowest BCUT2D eigenvalue weighted by Gasteiger charge is -2.08. The zero-order chi connectivity index (χ0) is 13.7. The summed E-state index contributed by atoms with van der Waals surface area (Å²) in [4.78, 5) is 20.8. The van der Waals surface area contributed by atoms with Gasteiger partial charge in [0.05, 0.1) is 23.2 Å². The fraction of sp³-hybridized carbons (Fsp3) is 0.182. The number of nitro benzene ring substituents is 1. The Labute approximate surface area is 102 Å². The summed E-state index contributed by atoms with van der Waals surface area (Å²) in [6.07, 6.45) is 5.03. The summed E-state index contributed by atoms with van der Waals surface area (Å²) < 4.78 is 13.5. The Morgan fingerprint density at radius 2 is 2.22 bits per heavy atom. The number of nitrogens with zero attached hydrogens (tertiary/aromatic N) is 1. The average Bonchev–Trinajstić information content (AvgIpc) is 2.28. The van der Waals surface area contributed by atoms with Crippen LogP contribution >= 0.6 is 0 Å². The monoisotopic (exact) mass is 251 g/mol. The number of carbonyl (C=O) groups is 1. The first-order valence-electron chi connectivity index (χ1n) is 4.88. The molecule has 6 nitrogen and oxygen atoms in total. The highest BCUT2D eigenvalue weighted by Gasteiger charge is 2.18. The topological polar surface area (TPSA) is 84.3 Å². The van der Waals surface area contributed by atoms with Gasteiger partial charge < -0.3 is 10.6 Å². The summed E-state index contributed by atoms with van der Waals surface area (Å²) in [5.41, 5.74) is -0.549. The molecule has 1 aromatic rings. The van der Waals surface area contributed by atoms with E-state index in [1.54, 1.807) is 0 Å². The van der Waals surface area contributed by atoms with Crippen molar-refractivity contribution in [1.29, 1.82) is 0 Å². The van der Waals surface area contributed by atoms with Crippen LogP contribution in [0, 0.1) is 28.3 Å². The standard InChI is InChI=1S/C11H10FN3O3/c1-3-4-13-10-6-9(14-7(2)16)8(12)5-11(10)15(17)18/h1,5-6,13H,4H2,2H3,(H,14,16). The minimum absolute atomic E-state index is 0.0445. The molecule has 0 spiro atoms. The van der Waals surface area contributed by atoms with Crippen LogP contribution in [0.1, 0.15) is 6.92 Å². The molecule has 0 atom stereocenters. The lowest BCUT2D eigenvalue weighted by atomic mass is 10.2. The van der Waals surface area contributed by atoms with Crippen LogP contribution in [0.25, 0.3) is 0 Å². The van der Waals surface area contributed by atoms with Crippen LogP contribution in [-0.4, -0.2) is 17.4 Å². The maximum Gasteiger partial charge on any atom is 0.295 e. The molecular formula is C11H10FN3O3. The average molecular weight is 251 g/mol. The van der Waals surface area contributed by atoms with Crippen molar-refractivity contribution in [3.8, 4) is 12.3 Å². The van der Waals surface area contributed by atoms with Crippen LogP contribution in [0.15, 0.2) is 12.1 Å². The largest absolute Gasteiger partial charge is 0.369 e. The van der Waals surface area contributed by atoms with Gasteiger partial charge in [0.1, 0.15) is 5.69 Å². The van der Waals surface area contributed by atoms with Gasteiger partial charge in [0.25, 0.3) is 5.69 Å². The quantitative estimate of drug-likeness (QED) is 0.485. The van der Waals surface area contributed by atoms with E-state index in [1.807, 2.05) is 0 Å². The van der Waals surface area contributed by atoms with Gasteiger partial charge in [-0.1, -0.05) is 5.92 Å². The lowest BCUT2D eigenvalue weighted by Crippen LogP contribution is -2.10. The molecule has 0 fully saturated rings. The summed E-state index contributed by atoms with van der Waals surface area (Å²) in [5.74, 6) is 0.876. The van der Waals surface area contributed by atoms with Gasteiger partial charge in [-0.05, 0) is 6.07 Å². The number of hydrogen-bond donors (Lipinski definition) is 2. The van der Waals surface area contributed by atoms with Crippen molar-refractivity contribution in [1.82, 2.24) is 0 Å². The molecule has 0 aromatic heterocycles. The molecule has 0 aliphatic rings. The molecule has 0 aliphatic heterocycles. The number of carbonyl (C=O) groups excluding carboxylic acids is 1. The van der Waals surface area contributed by atoms with E-state index >= 15 is 0 Å². The van der Waals surface area contributed by atoms with Crippen molar-refractivity contribution in [3.63, 3.8) is 0 Å². The Balaban J connectivity index is 3.22. The molecule has 0 heterocycles. The second-order valence-electron chi connectivity index (χ2n) is 3.35. The summed E-state index contributed by atoms with van der Waals surface area (Å²) in [6.45, 7) is 1.25. The molecule has 0 bridgehead atoms. The smallest absolute Gasteiger partial charge is 0.295 e.